The molecule has 0 aliphatic rings. The van der Waals surface area contributed by atoms with Gasteiger partial charge >= 0.3 is 0 Å². The summed E-state index contributed by atoms with van der Waals surface area (Å²) in [5.41, 5.74) is 1.27. The SMILES string of the molecule is CC(C)CN(C)Cc1cncn1C. The Morgan fingerprint density at radius 2 is 2.23 bits per heavy atom. The van der Waals surface area contributed by atoms with Gasteiger partial charge in [0.05, 0.1) is 12.0 Å². The van der Waals surface area contributed by atoms with Crippen molar-refractivity contribution in [1.29, 1.82) is 0 Å². The van der Waals surface area contributed by atoms with Gasteiger partial charge in [0.2, 0.25) is 0 Å². The van der Waals surface area contributed by atoms with Gasteiger partial charge < -0.3 is 9.47 Å². The summed E-state index contributed by atoms with van der Waals surface area (Å²) in [7, 11) is 4.18. The number of rotatable bonds is 4. The Morgan fingerprint density at radius 3 is 2.69 bits per heavy atom. The number of hydrogen-bond donors (Lipinski definition) is 0. The van der Waals surface area contributed by atoms with Gasteiger partial charge in [-0.2, -0.15) is 0 Å². The van der Waals surface area contributed by atoms with E-state index >= 15 is 0 Å². The molecule has 3 nitrogen and oxygen atoms in total. The van der Waals surface area contributed by atoms with Crippen molar-refractivity contribution in [2.75, 3.05) is 13.6 Å². The van der Waals surface area contributed by atoms with E-state index in [1.165, 1.54) is 5.69 Å². The molecule has 1 rings (SSSR count). The summed E-state index contributed by atoms with van der Waals surface area (Å²) in [4.78, 5) is 6.41. The number of nitrogens with zero attached hydrogens (tertiary/aromatic N) is 3. The fourth-order valence-corrected chi connectivity index (χ4v) is 1.50. The van der Waals surface area contributed by atoms with Crippen molar-refractivity contribution in [2.45, 2.75) is 20.4 Å². The van der Waals surface area contributed by atoms with Crippen LogP contribution in [0.1, 0.15) is 19.5 Å². The van der Waals surface area contributed by atoms with Gasteiger partial charge in [-0.05, 0) is 13.0 Å². The van der Waals surface area contributed by atoms with Crippen molar-refractivity contribution < 1.29 is 0 Å². The second-order valence-electron chi connectivity index (χ2n) is 4.09. The van der Waals surface area contributed by atoms with Crippen LogP contribution in [0.5, 0.6) is 0 Å². The molecule has 3 heteroatoms. The van der Waals surface area contributed by atoms with Crippen molar-refractivity contribution >= 4 is 0 Å². The van der Waals surface area contributed by atoms with E-state index in [1.54, 1.807) is 0 Å². The third-order valence-corrected chi connectivity index (χ3v) is 2.03. The minimum absolute atomic E-state index is 0.721. The summed E-state index contributed by atoms with van der Waals surface area (Å²) in [6.07, 6.45) is 3.77. The Kier molecular flexibility index (Phi) is 3.48. The predicted molar refractivity (Wildman–Crippen MR) is 54.4 cm³/mol. The Hall–Kier alpha value is -0.830. The van der Waals surface area contributed by atoms with E-state index in [4.69, 9.17) is 0 Å². The highest BCUT2D eigenvalue weighted by molar-refractivity contribution is 4.96. The molecule has 0 N–H and O–H groups in total. The van der Waals surface area contributed by atoms with Crippen LogP contribution in [0.15, 0.2) is 12.5 Å². The van der Waals surface area contributed by atoms with E-state index in [0.29, 0.717) is 0 Å². The second kappa shape index (κ2) is 4.42. The van der Waals surface area contributed by atoms with Gasteiger partial charge in [-0.25, -0.2) is 4.98 Å². The molecule has 0 aliphatic carbocycles. The first-order chi connectivity index (χ1) is 6.09. The molecule has 0 unspecified atom stereocenters. The van der Waals surface area contributed by atoms with Crippen LogP contribution in [0.4, 0.5) is 0 Å². The molecule has 1 aromatic rings. The quantitative estimate of drug-likeness (QED) is 0.702. The fraction of sp³-hybridized carbons (Fsp3) is 0.700. The van der Waals surface area contributed by atoms with E-state index in [-0.39, 0.29) is 0 Å². The smallest absolute Gasteiger partial charge is 0.0945 e. The fourth-order valence-electron chi connectivity index (χ4n) is 1.50. The van der Waals surface area contributed by atoms with Gasteiger partial charge in [-0.15, -0.1) is 0 Å². The van der Waals surface area contributed by atoms with E-state index in [1.807, 2.05) is 19.6 Å². The maximum Gasteiger partial charge on any atom is 0.0945 e. The molecule has 0 saturated carbocycles. The summed E-state index contributed by atoms with van der Waals surface area (Å²) in [6, 6.07) is 0. The van der Waals surface area contributed by atoms with Gasteiger partial charge in [-0.3, -0.25) is 0 Å². The topological polar surface area (TPSA) is 21.1 Å². The van der Waals surface area contributed by atoms with E-state index in [0.717, 1.165) is 19.0 Å². The van der Waals surface area contributed by atoms with Gasteiger partial charge in [0.15, 0.2) is 0 Å². The van der Waals surface area contributed by atoms with Crippen molar-refractivity contribution in [3.05, 3.63) is 18.2 Å². The highest BCUT2D eigenvalue weighted by atomic mass is 15.1. The number of imidazole rings is 1. The summed E-state index contributed by atoms with van der Waals surface area (Å²) >= 11 is 0. The monoisotopic (exact) mass is 181 g/mol. The van der Waals surface area contributed by atoms with Gasteiger partial charge in [0.25, 0.3) is 0 Å². The molecule has 0 spiro atoms. The summed E-state index contributed by atoms with van der Waals surface area (Å²) < 4.78 is 2.07. The molecule has 13 heavy (non-hydrogen) atoms. The maximum atomic E-state index is 4.09. The standard InChI is InChI=1S/C10H19N3/c1-9(2)6-12(3)7-10-5-11-8-13(10)4/h5,8-9H,6-7H2,1-4H3. The summed E-state index contributed by atoms with van der Waals surface area (Å²) in [5.74, 6) is 0.721. The molecule has 0 bridgehead atoms. The maximum absolute atomic E-state index is 4.09. The average Bonchev–Trinajstić information content (AvgIpc) is 2.34. The predicted octanol–water partition coefficient (Wildman–Crippen LogP) is 1.51. The normalized spacial score (nSPS) is 11.5. The zero-order valence-corrected chi connectivity index (χ0v) is 8.99. The summed E-state index contributed by atoms with van der Waals surface area (Å²) in [6.45, 7) is 6.58. The summed E-state index contributed by atoms with van der Waals surface area (Å²) in [5, 5.41) is 0. The van der Waals surface area contributed by atoms with Crippen LogP contribution in [0.2, 0.25) is 0 Å². The van der Waals surface area contributed by atoms with Gasteiger partial charge in [-0.1, -0.05) is 13.8 Å². The first-order valence-corrected chi connectivity index (χ1v) is 4.73. The molecular weight excluding hydrogens is 162 g/mol. The Morgan fingerprint density at radius 1 is 1.54 bits per heavy atom. The molecule has 0 radical (unpaired) electrons. The van der Waals surface area contributed by atoms with E-state index in [2.05, 4.69) is 35.3 Å². The highest BCUT2D eigenvalue weighted by Crippen LogP contribution is 2.03. The molecule has 0 saturated heterocycles. The average molecular weight is 181 g/mol. The zero-order chi connectivity index (χ0) is 9.84. The molecule has 74 valence electrons. The lowest BCUT2D eigenvalue weighted by atomic mass is 10.2. The van der Waals surface area contributed by atoms with Crippen LogP contribution in [-0.2, 0) is 13.6 Å². The lowest BCUT2D eigenvalue weighted by molar-refractivity contribution is 0.282. The molecule has 0 aliphatic heterocycles. The number of aryl methyl sites for hydroxylation is 1. The molecule has 0 atom stereocenters. The molecular formula is C10H19N3. The molecule has 1 aromatic heterocycles. The van der Waals surface area contributed by atoms with E-state index in [9.17, 15) is 0 Å². The highest BCUT2D eigenvalue weighted by Gasteiger charge is 2.04. The third kappa shape index (κ3) is 3.19. The Balaban J connectivity index is 2.45. The van der Waals surface area contributed by atoms with Crippen LogP contribution in [-0.4, -0.2) is 28.0 Å². The van der Waals surface area contributed by atoms with Crippen LogP contribution < -0.4 is 0 Å². The van der Waals surface area contributed by atoms with Crippen molar-refractivity contribution in [3.8, 4) is 0 Å². The molecule has 0 fully saturated rings. The lowest BCUT2D eigenvalue weighted by Crippen LogP contribution is -2.23. The Bertz CT molecular complexity index is 252. The first-order valence-electron chi connectivity index (χ1n) is 4.73. The number of aromatic nitrogens is 2. The van der Waals surface area contributed by atoms with Crippen molar-refractivity contribution in [3.63, 3.8) is 0 Å². The van der Waals surface area contributed by atoms with Gasteiger partial charge in [0.1, 0.15) is 0 Å². The second-order valence-corrected chi connectivity index (χ2v) is 4.09. The van der Waals surface area contributed by atoms with Crippen LogP contribution >= 0.6 is 0 Å². The third-order valence-electron chi connectivity index (χ3n) is 2.03. The molecule has 0 amide bonds. The van der Waals surface area contributed by atoms with Crippen molar-refractivity contribution in [1.82, 2.24) is 14.5 Å². The van der Waals surface area contributed by atoms with E-state index < -0.39 is 0 Å². The minimum Gasteiger partial charge on any atom is -0.337 e. The molecule has 1 heterocycles. The molecule has 0 aromatic carbocycles. The number of hydrogen-bond acceptors (Lipinski definition) is 2. The van der Waals surface area contributed by atoms with Gasteiger partial charge in [0, 0.05) is 26.3 Å². The Labute approximate surface area is 80.4 Å². The zero-order valence-electron chi connectivity index (χ0n) is 8.99. The van der Waals surface area contributed by atoms with Crippen LogP contribution in [0, 0.1) is 5.92 Å². The minimum atomic E-state index is 0.721. The van der Waals surface area contributed by atoms with Crippen molar-refractivity contribution in [2.24, 2.45) is 13.0 Å². The lowest BCUT2D eigenvalue weighted by Gasteiger charge is -2.18. The van der Waals surface area contributed by atoms with Crippen LogP contribution in [0.25, 0.3) is 0 Å². The largest absolute Gasteiger partial charge is 0.337 e. The first kappa shape index (κ1) is 10.3. The van der Waals surface area contributed by atoms with Crippen LogP contribution in [0.3, 0.4) is 0 Å².